The highest BCUT2D eigenvalue weighted by atomic mass is 32.1. The van der Waals surface area contributed by atoms with Crippen LogP contribution in [0, 0.1) is 6.92 Å². The van der Waals surface area contributed by atoms with Gasteiger partial charge >= 0.3 is 0 Å². The Hall–Kier alpha value is -1.94. The topological polar surface area (TPSA) is 64.9 Å². The predicted molar refractivity (Wildman–Crippen MR) is 74.7 cm³/mol. The number of nitrogens with zero attached hydrogens (tertiary/aromatic N) is 1. The molecule has 0 radical (unpaired) electrons. The molecule has 2 rings (SSSR count). The van der Waals surface area contributed by atoms with Crippen LogP contribution in [-0.2, 0) is 0 Å². The summed E-state index contributed by atoms with van der Waals surface area (Å²) in [5, 5.41) is 0. The van der Waals surface area contributed by atoms with Crippen molar-refractivity contribution in [2.24, 2.45) is 5.73 Å². The van der Waals surface area contributed by atoms with Gasteiger partial charge in [0, 0.05) is 11.1 Å². The summed E-state index contributed by atoms with van der Waals surface area (Å²) in [4.78, 5) is 4.69. The van der Waals surface area contributed by atoms with E-state index in [4.69, 9.17) is 23.7 Å². The van der Waals surface area contributed by atoms with Crippen LogP contribution < -0.4 is 11.5 Å². The van der Waals surface area contributed by atoms with E-state index < -0.39 is 0 Å². The Morgan fingerprint density at radius 3 is 2.59 bits per heavy atom. The van der Waals surface area contributed by atoms with E-state index in [1.807, 2.05) is 37.3 Å². The second-order valence-corrected chi connectivity index (χ2v) is 4.31. The molecule has 86 valence electrons. The molecule has 1 heterocycles. The molecular formula is C13H13N3S. The number of hydrogen-bond acceptors (Lipinski definition) is 3. The largest absolute Gasteiger partial charge is 0.397 e. The van der Waals surface area contributed by atoms with Gasteiger partial charge in [-0.1, -0.05) is 24.4 Å². The van der Waals surface area contributed by atoms with Gasteiger partial charge in [-0.15, -0.1) is 0 Å². The number of aryl methyl sites for hydroxylation is 1. The van der Waals surface area contributed by atoms with Gasteiger partial charge in [0.25, 0.3) is 0 Å². The van der Waals surface area contributed by atoms with Crippen LogP contribution in [0.25, 0.3) is 11.3 Å². The summed E-state index contributed by atoms with van der Waals surface area (Å²) in [6.45, 7) is 2.02. The number of aromatic nitrogens is 1. The Morgan fingerprint density at radius 1 is 1.24 bits per heavy atom. The monoisotopic (exact) mass is 243 g/mol. The van der Waals surface area contributed by atoms with Crippen LogP contribution in [0.3, 0.4) is 0 Å². The van der Waals surface area contributed by atoms with E-state index in [1.54, 1.807) is 6.20 Å². The van der Waals surface area contributed by atoms with Crippen LogP contribution in [-0.4, -0.2) is 9.97 Å². The fraction of sp³-hybridized carbons (Fsp3) is 0.0769. The van der Waals surface area contributed by atoms with Gasteiger partial charge in [0.15, 0.2) is 0 Å². The lowest BCUT2D eigenvalue weighted by Gasteiger charge is -2.08. The Balaban J connectivity index is 2.54. The summed E-state index contributed by atoms with van der Waals surface area (Å²) in [6.07, 6.45) is 1.64. The minimum atomic E-state index is 0.390. The van der Waals surface area contributed by atoms with Crippen molar-refractivity contribution in [2.45, 2.75) is 6.92 Å². The lowest BCUT2D eigenvalue weighted by Crippen LogP contribution is -2.09. The van der Waals surface area contributed by atoms with Gasteiger partial charge < -0.3 is 11.5 Å². The first-order valence-corrected chi connectivity index (χ1v) is 5.61. The minimum absolute atomic E-state index is 0.390. The Kier molecular flexibility index (Phi) is 3.06. The van der Waals surface area contributed by atoms with E-state index in [0.717, 1.165) is 22.4 Å². The third-order valence-electron chi connectivity index (χ3n) is 2.58. The van der Waals surface area contributed by atoms with Gasteiger partial charge in [-0.3, -0.25) is 4.98 Å². The zero-order valence-electron chi connectivity index (χ0n) is 9.47. The van der Waals surface area contributed by atoms with Crippen LogP contribution in [0.4, 0.5) is 5.69 Å². The van der Waals surface area contributed by atoms with Crippen molar-refractivity contribution in [3.8, 4) is 11.3 Å². The van der Waals surface area contributed by atoms with Gasteiger partial charge in [0.1, 0.15) is 4.99 Å². The molecule has 0 aliphatic rings. The van der Waals surface area contributed by atoms with Gasteiger partial charge in [-0.2, -0.15) is 0 Å². The van der Waals surface area contributed by atoms with E-state index >= 15 is 0 Å². The molecule has 17 heavy (non-hydrogen) atoms. The second-order valence-electron chi connectivity index (χ2n) is 3.87. The van der Waals surface area contributed by atoms with Crippen molar-refractivity contribution in [3.05, 3.63) is 47.7 Å². The van der Waals surface area contributed by atoms with Crippen LogP contribution >= 0.6 is 12.2 Å². The first kappa shape index (κ1) is 11.5. The molecule has 0 fully saturated rings. The Bertz CT molecular complexity index is 561. The number of hydrogen-bond donors (Lipinski definition) is 2. The maximum absolute atomic E-state index is 5.63. The molecule has 0 saturated carbocycles. The number of rotatable bonds is 2. The third-order valence-corrected chi connectivity index (χ3v) is 2.82. The van der Waals surface area contributed by atoms with E-state index in [1.165, 1.54) is 0 Å². The molecule has 0 aliphatic carbocycles. The molecular weight excluding hydrogens is 230 g/mol. The van der Waals surface area contributed by atoms with E-state index in [0.29, 0.717) is 10.7 Å². The van der Waals surface area contributed by atoms with Gasteiger partial charge in [0.2, 0.25) is 0 Å². The minimum Gasteiger partial charge on any atom is -0.397 e. The number of thiocarbonyl (C=S) groups is 1. The fourth-order valence-corrected chi connectivity index (χ4v) is 1.74. The molecule has 0 saturated heterocycles. The van der Waals surface area contributed by atoms with Crippen LogP contribution in [0.2, 0.25) is 0 Å². The average molecular weight is 243 g/mol. The number of anilines is 1. The molecule has 0 spiro atoms. The molecule has 0 unspecified atom stereocenters. The highest BCUT2D eigenvalue weighted by Gasteiger charge is 2.05. The third kappa shape index (κ3) is 2.42. The summed E-state index contributed by atoms with van der Waals surface area (Å²) in [5.41, 5.74) is 15.8. The zero-order valence-corrected chi connectivity index (χ0v) is 10.3. The molecule has 3 nitrogen and oxygen atoms in total. The summed E-state index contributed by atoms with van der Waals surface area (Å²) < 4.78 is 0. The summed E-state index contributed by atoms with van der Waals surface area (Å²) >= 11 is 4.97. The maximum atomic E-state index is 5.63. The van der Waals surface area contributed by atoms with Crippen LogP contribution in [0.5, 0.6) is 0 Å². The molecule has 2 aromatic rings. The lowest BCUT2D eigenvalue weighted by atomic mass is 10.0. The first-order chi connectivity index (χ1) is 8.08. The molecule has 0 amide bonds. The summed E-state index contributed by atoms with van der Waals surface area (Å²) in [7, 11) is 0. The summed E-state index contributed by atoms with van der Waals surface area (Å²) in [5.74, 6) is 0. The highest BCUT2D eigenvalue weighted by molar-refractivity contribution is 7.80. The van der Waals surface area contributed by atoms with Crippen LogP contribution in [0.15, 0.2) is 36.5 Å². The van der Waals surface area contributed by atoms with Gasteiger partial charge in [0.05, 0.1) is 17.6 Å². The summed E-state index contributed by atoms with van der Waals surface area (Å²) in [6, 6.07) is 9.58. The maximum Gasteiger partial charge on any atom is 0.104 e. The molecule has 1 aromatic heterocycles. The quantitative estimate of drug-likeness (QED) is 0.794. The predicted octanol–water partition coefficient (Wildman–Crippen LogP) is 2.27. The van der Waals surface area contributed by atoms with Crippen molar-refractivity contribution in [1.29, 1.82) is 0 Å². The van der Waals surface area contributed by atoms with Gasteiger partial charge in [-0.05, 0) is 30.7 Å². The second kappa shape index (κ2) is 4.51. The van der Waals surface area contributed by atoms with Crippen LogP contribution in [0.1, 0.15) is 11.1 Å². The average Bonchev–Trinajstić information content (AvgIpc) is 2.31. The normalized spacial score (nSPS) is 10.2. The van der Waals surface area contributed by atoms with Gasteiger partial charge in [-0.25, -0.2) is 0 Å². The van der Waals surface area contributed by atoms with E-state index in [9.17, 15) is 0 Å². The number of nitrogen functional groups attached to an aromatic ring is 1. The van der Waals surface area contributed by atoms with E-state index in [-0.39, 0.29) is 0 Å². The number of pyridine rings is 1. The zero-order chi connectivity index (χ0) is 12.4. The lowest BCUT2D eigenvalue weighted by molar-refractivity contribution is 1.31. The number of nitrogens with two attached hydrogens (primary N) is 2. The molecule has 0 atom stereocenters. The fourth-order valence-electron chi connectivity index (χ4n) is 1.62. The Labute approximate surface area is 105 Å². The molecule has 0 bridgehead atoms. The van der Waals surface area contributed by atoms with Crippen molar-refractivity contribution in [1.82, 2.24) is 4.98 Å². The first-order valence-electron chi connectivity index (χ1n) is 5.20. The van der Waals surface area contributed by atoms with Crippen molar-refractivity contribution in [3.63, 3.8) is 0 Å². The van der Waals surface area contributed by atoms with Crippen molar-refractivity contribution < 1.29 is 0 Å². The van der Waals surface area contributed by atoms with Crippen molar-refractivity contribution in [2.75, 3.05) is 5.73 Å². The molecule has 1 aromatic carbocycles. The SMILES string of the molecule is Cc1ccc(C(N)=S)cc1-c1ccc(N)cn1. The molecule has 4 heteroatoms. The smallest absolute Gasteiger partial charge is 0.104 e. The highest BCUT2D eigenvalue weighted by Crippen LogP contribution is 2.23. The molecule has 0 aliphatic heterocycles. The van der Waals surface area contributed by atoms with Crippen molar-refractivity contribution >= 4 is 22.9 Å². The Morgan fingerprint density at radius 2 is 2.00 bits per heavy atom. The standard InChI is InChI=1S/C13H13N3S/c1-8-2-3-9(13(15)17)6-11(8)12-5-4-10(14)7-16-12/h2-7H,14H2,1H3,(H2,15,17). The molecule has 4 N–H and O–H groups in total. The number of benzene rings is 1. The van der Waals surface area contributed by atoms with E-state index in [2.05, 4.69) is 4.98 Å².